The van der Waals surface area contributed by atoms with Gasteiger partial charge in [-0.3, -0.25) is 0 Å². The van der Waals surface area contributed by atoms with Crippen LogP contribution in [0.5, 0.6) is 0 Å². The van der Waals surface area contributed by atoms with Gasteiger partial charge in [0.15, 0.2) is 17.2 Å². The van der Waals surface area contributed by atoms with Crippen molar-refractivity contribution in [2.24, 2.45) is 0 Å². The number of H-pyrrole nitrogens is 1. The number of nitrogens with one attached hydrogen (secondary N) is 1. The van der Waals surface area contributed by atoms with Crippen LogP contribution in [-0.4, -0.2) is 19.7 Å². The average molecular weight is 482 g/mol. The van der Waals surface area contributed by atoms with Gasteiger partial charge in [0.25, 0.3) is 6.43 Å². The summed E-state index contributed by atoms with van der Waals surface area (Å²) in [6.45, 7) is 0. The number of benzene rings is 1. The molecule has 0 saturated carbocycles. The van der Waals surface area contributed by atoms with Gasteiger partial charge in [-0.15, -0.1) is 0 Å². The molecule has 14 heteroatoms. The Hall–Kier alpha value is -2.86. The third-order valence-electron chi connectivity index (χ3n) is 3.78. The molecule has 0 unspecified atom stereocenters. The van der Waals surface area contributed by atoms with Gasteiger partial charge in [0.1, 0.15) is 28.7 Å². The third kappa shape index (κ3) is 3.67. The molecule has 2 heterocycles. The van der Waals surface area contributed by atoms with Crippen molar-refractivity contribution in [3.05, 3.63) is 49.8 Å². The minimum Gasteiger partial charge on any atom is -0.327 e. The van der Waals surface area contributed by atoms with E-state index in [9.17, 15) is 22.0 Å². The highest BCUT2D eigenvalue weighted by Gasteiger charge is 2.34. The minimum atomic E-state index is -4.76. The van der Waals surface area contributed by atoms with Crippen LogP contribution in [0.3, 0.4) is 0 Å². The first-order valence-corrected chi connectivity index (χ1v) is 8.66. The van der Waals surface area contributed by atoms with Gasteiger partial charge in [0.2, 0.25) is 0 Å². The Morgan fingerprint density at radius 1 is 1.07 bits per heavy atom. The highest BCUT2D eigenvalue weighted by atomic mass is 35.5. The first-order valence-electron chi connectivity index (χ1n) is 7.53. The lowest BCUT2D eigenvalue weighted by Gasteiger charge is -2.13. The zero-order valence-corrected chi connectivity index (χ0v) is 16.3. The Kier molecular flexibility index (Phi) is 5.65. The molecule has 6 nitrogen and oxygen atoms in total. The van der Waals surface area contributed by atoms with E-state index in [1.165, 1.54) is 0 Å². The lowest BCUT2D eigenvalue weighted by atomic mass is 10.2. The summed E-state index contributed by atoms with van der Waals surface area (Å²) in [5.41, 5.74) is -3.61. The first kappa shape index (κ1) is 21.8. The van der Waals surface area contributed by atoms with Crippen molar-refractivity contribution < 1.29 is 22.0 Å². The van der Waals surface area contributed by atoms with Gasteiger partial charge in [0.05, 0.1) is 21.2 Å². The second-order valence-corrected chi connectivity index (χ2v) is 6.76. The van der Waals surface area contributed by atoms with Gasteiger partial charge >= 0.3 is 6.18 Å². The first-order chi connectivity index (χ1) is 14.0. The van der Waals surface area contributed by atoms with Gasteiger partial charge < -0.3 is 4.98 Å². The van der Waals surface area contributed by atoms with Crippen LogP contribution >= 0.6 is 34.8 Å². The molecule has 0 saturated heterocycles. The SMILES string of the molecule is N#Cc1nc(-c2nn(-c3c(Cl)cc(C(F)(F)F)cc3Cl)c(Cl)c2C(F)F)[nH]c1C#N. The van der Waals surface area contributed by atoms with E-state index < -0.39 is 44.6 Å². The number of nitriles is 2. The van der Waals surface area contributed by atoms with Crippen molar-refractivity contribution >= 4 is 34.8 Å². The molecule has 0 spiro atoms. The predicted octanol–water partition coefficient (Wildman–Crippen LogP) is 5.92. The monoisotopic (exact) mass is 480 g/mol. The van der Waals surface area contributed by atoms with E-state index in [-0.39, 0.29) is 22.9 Å². The molecule has 1 aromatic carbocycles. The Labute approximate surface area is 179 Å². The van der Waals surface area contributed by atoms with E-state index in [1.807, 2.05) is 0 Å². The summed E-state index contributed by atoms with van der Waals surface area (Å²) in [5, 5.41) is 20.0. The molecule has 3 aromatic rings. The number of nitrogens with zero attached hydrogens (tertiary/aromatic N) is 5. The quantitative estimate of drug-likeness (QED) is 0.470. The normalized spacial score (nSPS) is 11.6. The summed E-state index contributed by atoms with van der Waals surface area (Å²) in [6.07, 6.45) is -7.95. The molecule has 2 aromatic heterocycles. The Bertz CT molecular complexity index is 1180. The lowest BCUT2D eigenvalue weighted by molar-refractivity contribution is -0.137. The largest absolute Gasteiger partial charge is 0.416 e. The van der Waals surface area contributed by atoms with Crippen molar-refractivity contribution in [2.45, 2.75) is 12.6 Å². The molecule has 0 aliphatic rings. The van der Waals surface area contributed by atoms with Gasteiger partial charge in [-0.2, -0.15) is 28.8 Å². The van der Waals surface area contributed by atoms with Gasteiger partial charge in [-0.05, 0) is 12.1 Å². The topological polar surface area (TPSA) is 94.1 Å². The van der Waals surface area contributed by atoms with Crippen LogP contribution in [-0.2, 0) is 6.18 Å². The van der Waals surface area contributed by atoms with Gasteiger partial charge in [-0.25, -0.2) is 18.4 Å². The number of imidazole rings is 1. The van der Waals surface area contributed by atoms with Crippen molar-refractivity contribution in [3.8, 4) is 29.3 Å². The number of aromatic nitrogens is 4. The smallest absolute Gasteiger partial charge is 0.327 e. The van der Waals surface area contributed by atoms with Crippen LogP contribution in [0.4, 0.5) is 22.0 Å². The molecule has 154 valence electrons. The molecule has 0 amide bonds. The molecular weight excluding hydrogens is 478 g/mol. The van der Waals surface area contributed by atoms with E-state index in [0.717, 1.165) is 0 Å². The Morgan fingerprint density at radius 2 is 1.67 bits per heavy atom. The fourth-order valence-corrected chi connectivity index (χ4v) is 3.45. The summed E-state index contributed by atoms with van der Waals surface area (Å²) in [4.78, 5) is 6.10. The molecule has 0 atom stereocenters. The maximum Gasteiger partial charge on any atom is 0.416 e. The number of alkyl halides is 5. The molecule has 1 N–H and O–H groups in total. The fraction of sp³-hybridized carbons (Fsp3) is 0.125. The maximum atomic E-state index is 13.7. The van der Waals surface area contributed by atoms with E-state index in [2.05, 4.69) is 15.1 Å². The molecule has 0 aliphatic heterocycles. The lowest BCUT2D eigenvalue weighted by Crippen LogP contribution is -2.07. The summed E-state index contributed by atoms with van der Waals surface area (Å²) in [6, 6.07) is 4.32. The maximum absolute atomic E-state index is 13.7. The van der Waals surface area contributed by atoms with E-state index in [0.29, 0.717) is 16.8 Å². The van der Waals surface area contributed by atoms with E-state index >= 15 is 0 Å². The zero-order chi connectivity index (χ0) is 22.4. The van der Waals surface area contributed by atoms with Gasteiger partial charge in [-0.1, -0.05) is 34.8 Å². The van der Waals surface area contributed by atoms with Crippen molar-refractivity contribution in [2.75, 3.05) is 0 Å². The molecule has 0 aliphatic carbocycles. The zero-order valence-electron chi connectivity index (χ0n) is 14.0. The van der Waals surface area contributed by atoms with Crippen LogP contribution in [0.1, 0.15) is 28.9 Å². The summed E-state index contributed by atoms with van der Waals surface area (Å²) in [5.74, 6) is -0.377. The molecule has 0 bridgehead atoms. The van der Waals surface area contributed by atoms with Crippen LogP contribution in [0.2, 0.25) is 15.2 Å². The predicted molar refractivity (Wildman–Crippen MR) is 95.6 cm³/mol. The highest BCUT2D eigenvalue weighted by Crippen LogP contribution is 2.42. The van der Waals surface area contributed by atoms with Gasteiger partial charge in [0, 0.05) is 0 Å². The summed E-state index contributed by atoms with van der Waals surface area (Å²) >= 11 is 17.8. The Balaban J connectivity index is 2.28. The minimum absolute atomic E-state index is 0.302. The Morgan fingerprint density at radius 3 is 2.10 bits per heavy atom. The van der Waals surface area contributed by atoms with Crippen LogP contribution in [0, 0.1) is 22.7 Å². The average Bonchev–Trinajstić information content (AvgIpc) is 3.21. The second-order valence-electron chi connectivity index (χ2n) is 5.58. The molecule has 30 heavy (non-hydrogen) atoms. The van der Waals surface area contributed by atoms with E-state index in [1.54, 1.807) is 12.1 Å². The highest BCUT2D eigenvalue weighted by molar-refractivity contribution is 6.38. The van der Waals surface area contributed by atoms with Crippen LogP contribution in [0.25, 0.3) is 17.2 Å². The second kappa shape index (κ2) is 7.76. The molecule has 0 radical (unpaired) electrons. The van der Waals surface area contributed by atoms with Crippen molar-refractivity contribution in [3.63, 3.8) is 0 Å². The fourth-order valence-electron chi connectivity index (χ4n) is 2.50. The number of aromatic amines is 1. The van der Waals surface area contributed by atoms with Crippen molar-refractivity contribution in [1.82, 2.24) is 19.7 Å². The number of halogens is 8. The van der Waals surface area contributed by atoms with E-state index in [4.69, 9.17) is 45.3 Å². The number of hydrogen-bond acceptors (Lipinski definition) is 4. The van der Waals surface area contributed by atoms with Crippen molar-refractivity contribution in [1.29, 1.82) is 10.5 Å². The summed E-state index contributed by atoms with van der Waals surface area (Å²) < 4.78 is 66.8. The molecule has 0 fully saturated rings. The molecular formula is C16H4Cl3F5N6. The number of hydrogen-bond donors (Lipinski definition) is 1. The molecule has 3 rings (SSSR count). The third-order valence-corrected chi connectivity index (χ3v) is 4.72. The van der Waals surface area contributed by atoms with Crippen LogP contribution in [0.15, 0.2) is 12.1 Å². The summed E-state index contributed by atoms with van der Waals surface area (Å²) in [7, 11) is 0. The van der Waals surface area contributed by atoms with Crippen LogP contribution < -0.4 is 0 Å². The number of rotatable bonds is 3. The standard InChI is InChI=1S/C16H4Cl3F5N6/c17-6-1-5(16(22,23)24)2-7(18)12(6)30-13(19)10(14(20)21)11(29-30)15-27-8(3-25)9(4-26)28-15/h1-2,14H,(H,27,28).